The Hall–Kier alpha value is -4.38. The smallest absolute Gasteiger partial charge is 0.459 e. The minimum absolute atomic E-state index is 0.0388. The lowest BCUT2D eigenvalue weighted by Crippen LogP contribution is -2.45. The number of nitrogens with two attached hydrogens (primary N) is 1. The zero-order valence-corrected chi connectivity index (χ0v) is 39.5. The molecular formula is C50H72FN6O7P. The van der Waals surface area contributed by atoms with Gasteiger partial charge in [0.1, 0.15) is 36.8 Å². The number of anilines is 1. The standard InChI is InChI=1S/C50H72FN6O7P/c1-4-7-9-11-13-15-17-19-25-31-40(32-26-20-18-16-14-12-10-8-5-2)62-48(59)42(35-39-29-23-21-24-30-39)56-65(60,64-41-33-27-22-28-34-41)61-37-50(6-3)43(58)36-44(63-50)57-38-53-45-46(52)54-49(51)55-47(45)57/h3,21-24,27-30,33-34,38,40,42-44,58H,4-5,7-20,25-26,31-32,35-37H2,1-2H3,(H,56,60)(H2,52,54,55)/t42-,43-,44+,50+,65+/m0/s1. The van der Waals surface area contributed by atoms with E-state index < -0.39 is 50.4 Å². The van der Waals surface area contributed by atoms with Gasteiger partial charge in [-0.05, 0) is 49.8 Å². The van der Waals surface area contributed by atoms with Crippen molar-refractivity contribution in [3.05, 3.63) is 78.6 Å². The highest BCUT2D eigenvalue weighted by Crippen LogP contribution is 2.48. The Labute approximate surface area is 385 Å². The number of benzene rings is 2. The number of aliphatic hydroxyl groups is 1. The molecule has 2 aromatic carbocycles. The fourth-order valence-electron chi connectivity index (χ4n) is 8.33. The van der Waals surface area contributed by atoms with Crippen molar-refractivity contribution in [1.29, 1.82) is 0 Å². The first kappa shape index (κ1) is 51.6. The van der Waals surface area contributed by atoms with Gasteiger partial charge in [-0.3, -0.25) is 13.9 Å². The van der Waals surface area contributed by atoms with E-state index in [1.54, 1.807) is 30.3 Å². The number of ether oxygens (including phenoxy) is 2. The lowest BCUT2D eigenvalue weighted by atomic mass is 9.99. The Balaban J connectivity index is 1.32. The first-order valence-electron chi connectivity index (χ1n) is 24.1. The number of fused-ring (bicyclic) bond motifs is 1. The number of hydrogen-bond acceptors (Lipinski definition) is 11. The van der Waals surface area contributed by atoms with Crippen LogP contribution in [-0.2, 0) is 29.8 Å². The van der Waals surface area contributed by atoms with Gasteiger partial charge in [0, 0.05) is 6.42 Å². The summed E-state index contributed by atoms with van der Waals surface area (Å²) in [5.74, 6) is 1.96. The van der Waals surface area contributed by atoms with Crippen LogP contribution in [0, 0.1) is 18.4 Å². The topological polar surface area (TPSA) is 173 Å². The zero-order chi connectivity index (χ0) is 46.3. The summed E-state index contributed by atoms with van der Waals surface area (Å²) in [7, 11) is -4.53. The van der Waals surface area contributed by atoms with Crippen molar-refractivity contribution in [2.75, 3.05) is 12.3 Å². The van der Waals surface area contributed by atoms with Gasteiger partial charge in [-0.1, -0.05) is 171 Å². The van der Waals surface area contributed by atoms with Crippen LogP contribution in [0.2, 0.25) is 0 Å². The normalized spacial score (nSPS) is 18.7. The molecule has 356 valence electrons. The Morgan fingerprint density at radius 3 is 2.03 bits per heavy atom. The van der Waals surface area contributed by atoms with E-state index in [1.165, 1.54) is 87.9 Å². The third-order valence-corrected chi connectivity index (χ3v) is 13.7. The highest BCUT2D eigenvalue weighted by Gasteiger charge is 2.50. The molecule has 4 N–H and O–H groups in total. The predicted molar refractivity (Wildman–Crippen MR) is 253 cm³/mol. The van der Waals surface area contributed by atoms with E-state index in [0.717, 1.165) is 56.9 Å². The van der Waals surface area contributed by atoms with Crippen molar-refractivity contribution in [2.45, 2.75) is 185 Å². The third-order valence-electron chi connectivity index (χ3n) is 12.1. The maximum absolute atomic E-state index is 15.1. The maximum Gasteiger partial charge on any atom is 0.459 e. The molecular weight excluding hydrogens is 847 g/mol. The Morgan fingerprint density at radius 2 is 1.46 bits per heavy atom. The van der Waals surface area contributed by atoms with Crippen molar-refractivity contribution < 1.29 is 37.4 Å². The third kappa shape index (κ3) is 16.5. The van der Waals surface area contributed by atoms with Gasteiger partial charge in [0.05, 0.1) is 6.33 Å². The second-order valence-corrected chi connectivity index (χ2v) is 19.1. The van der Waals surface area contributed by atoms with Gasteiger partial charge in [0.25, 0.3) is 0 Å². The summed E-state index contributed by atoms with van der Waals surface area (Å²) in [6, 6.07) is 16.7. The van der Waals surface area contributed by atoms with Gasteiger partial charge in [-0.2, -0.15) is 19.4 Å². The average Bonchev–Trinajstić information content (AvgIpc) is 3.88. The highest BCUT2D eigenvalue weighted by atomic mass is 31.2. The van der Waals surface area contributed by atoms with Gasteiger partial charge in [0.2, 0.25) is 0 Å². The molecule has 1 fully saturated rings. The molecule has 13 nitrogen and oxygen atoms in total. The number of carbonyl (C=O) groups excluding carboxylic acids is 1. The molecule has 1 saturated heterocycles. The van der Waals surface area contributed by atoms with Gasteiger partial charge in [-0.15, -0.1) is 6.42 Å². The van der Waals surface area contributed by atoms with E-state index in [9.17, 15) is 14.3 Å². The number of terminal acetylenes is 1. The van der Waals surface area contributed by atoms with Crippen molar-refractivity contribution in [3.63, 3.8) is 0 Å². The van der Waals surface area contributed by atoms with Crippen molar-refractivity contribution in [2.24, 2.45) is 0 Å². The van der Waals surface area contributed by atoms with E-state index in [0.29, 0.717) is 0 Å². The van der Waals surface area contributed by atoms with E-state index in [1.807, 2.05) is 30.3 Å². The molecule has 5 rings (SSSR count). The van der Waals surface area contributed by atoms with Crippen molar-refractivity contribution in [3.8, 4) is 18.1 Å². The first-order valence-corrected chi connectivity index (χ1v) is 25.6. The van der Waals surface area contributed by atoms with Crippen LogP contribution in [0.15, 0.2) is 67.0 Å². The van der Waals surface area contributed by atoms with Crippen LogP contribution in [0.1, 0.15) is 160 Å². The van der Waals surface area contributed by atoms with E-state index in [4.69, 9.17) is 30.7 Å². The number of unbranched alkanes of at least 4 members (excludes halogenated alkanes) is 16. The summed E-state index contributed by atoms with van der Waals surface area (Å²) in [6.07, 6.45) is 26.6. The summed E-state index contributed by atoms with van der Waals surface area (Å²) in [4.78, 5) is 26.1. The number of imidazole rings is 1. The lowest BCUT2D eigenvalue weighted by molar-refractivity contribution is -0.152. The number of para-hydroxylation sites is 1. The Morgan fingerprint density at radius 1 is 0.908 bits per heavy atom. The largest absolute Gasteiger partial charge is 0.461 e. The summed E-state index contributed by atoms with van der Waals surface area (Å²) in [6.45, 7) is 3.84. The van der Waals surface area contributed by atoms with Crippen LogP contribution in [-0.4, -0.2) is 61.1 Å². The quantitative estimate of drug-likeness (QED) is 0.0139. The molecule has 0 amide bonds. The predicted octanol–water partition coefficient (Wildman–Crippen LogP) is 11.4. The fraction of sp³-hybridized carbons (Fsp3) is 0.600. The molecule has 15 heteroatoms. The van der Waals surface area contributed by atoms with Gasteiger partial charge >= 0.3 is 19.8 Å². The SMILES string of the molecule is C#C[C@]1(CO[P@](=O)(N[C@@H](Cc2ccccc2)C(=O)OC(CCCCCCCCCCC)CCCCCCCCCCC)Oc2ccccc2)O[C@@H](n2cnc3c(N)nc(F)nc32)C[C@@H]1O. The molecule has 0 unspecified atom stereocenters. The molecule has 0 bridgehead atoms. The van der Waals surface area contributed by atoms with Gasteiger partial charge in [-0.25, -0.2) is 9.55 Å². The number of nitrogens with one attached hydrogen (secondary N) is 1. The number of aromatic nitrogens is 4. The second-order valence-electron chi connectivity index (χ2n) is 17.4. The maximum atomic E-state index is 15.1. The number of hydrogen-bond donors (Lipinski definition) is 3. The van der Waals surface area contributed by atoms with Gasteiger partial charge in [0.15, 0.2) is 22.6 Å². The molecule has 3 heterocycles. The summed E-state index contributed by atoms with van der Waals surface area (Å²) in [5, 5.41) is 14.4. The average molecular weight is 919 g/mol. The van der Waals surface area contributed by atoms with Crippen LogP contribution in [0.3, 0.4) is 0 Å². The van der Waals surface area contributed by atoms with Crippen LogP contribution < -0.4 is 15.3 Å². The number of rotatable bonds is 32. The first-order chi connectivity index (χ1) is 31.6. The monoisotopic (exact) mass is 919 g/mol. The molecule has 0 saturated carbocycles. The van der Waals surface area contributed by atoms with Crippen LogP contribution in [0.5, 0.6) is 5.75 Å². The van der Waals surface area contributed by atoms with Crippen molar-refractivity contribution in [1.82, 2.24) is 24.6 Å². The summed E-state index contributed by atoms with van der Waals surface area (Å²) in [5.41, 5.74) is 5.00. The fourth-order valence-corrected chi connectivity index (χ4v) is 9.85. The molecule has 0 aliphatic carbocycles. The van der Waals surface area contributed by atoms with Crippen LogP contribution in [0.25, 0.3) is 11.2 Å². The number of aliphatic hydroxyl groups excluding tert-OH is 1. The van der Waals surface area contributed by atoms with Crippen molar-refractivity contribution >= 4 is 30.7 Å². The molecule has 1 aliphatic heterocycles. The minimum Gasteiger partial charge on any atom is -0.461 e. The lowest BCUT2D eigenvalue weighted by Gasteiger charge is -2.30. The molecule has 0 spiro atoms. The summed E-state index contributed by atoms with van der Waals surface area (Å²) >= 11 is 0. The molecule has 5 atom stereocenters. The molecule has 0 radical (unpaired) electrons. The molecule has 65 heavy (non-hydrogen) atoms. The molecule has 4 aromatic rings. The number of esters is 1. The van der Waals surface area contributed by atoms with Gasteiger partial charge < -0.3 is 24.8 Å². The summed E-state index contributed by atoms with van der Waals surface area (Å²) < 4.78 is 55.6. The zero-order valence-electron chi connectivity index (χ0n) is 38.6. The Kier molecular flexibility index (Phi) is 21.7. The molecule has 1 aliphatic rings. The van der Waals surface area contributed by atoms with E-state index in [2.05, 4.69) is 39.8 Å². The number of carbonyl (C=O) groups is 1. The van der Waals surface area contributed by atoms with Crippen LogP contribution >= 0.6 is 7.75 Å². The highest BCUT2D eigenvalue weighted by molar-refractivity contribution is 7.52. The number of nitrogens with zero attached hydrogens (tertiary/aromatic N) is 4. The van der Waals surface area contributed by atoms with E-state index in [-0.39, 0.29) is 41.7 Å². The number of halogens is 1. The Bertz CT molecular complexity index is 2070. The molecule has 2 aromatic heterocycles. The van der Waals surface area contributed by atoms with Crippen LogP contribution in [0.4, 0.5) is 10.2 Å². The minimum atomic E-state index is -4.53. The number of nitrogen functional groups attached to an aromatic ring is 1. The van der Waals surface area contributed by atoms with E-state index >= 15 is 4.57 Å². The second kappa shape index (κ2) is 27.3.